The van der Waals surface area contributed by atoms with E-state index in [9.17, 15) is 0 Å². The number of unbranched alkanes of at least 4 members (excludes halogenated alkanes) is 2. The quantitative estimate of drug-likeness (QED) is 0.734. The third kappa shape index (κ3) is 4.34. The van der Waals surface area contributed by atoms with Gasteiger partial charge < -0.3 is 5.32 Å². The van der Waals surface area contributed by atoms with Crippen LogP contribution in [0, 0.1) is 0 Å². The lowest BCUT2D eigenvalue weighted by molar-refractivity contribution is 0.331. The lowest BCUT2D eigenvalue weighted by Gasteiger charge is -2.15. The van der Waals surface area contributed by atoms with Crippen LogP contribution in [0.3, 0.4) is 0 Å². The van der Waals surface area contributed by atoms with E-state index in [1.54, 1.807) is 0 Å². The molecular formula is C16H26N2. The van der Waals surface area contributed by atoms with Crippen LogP contribution in [0.5, 0.6) is 0 Å². The topological polar surface area (TPSA) is 15.3 Å². The Morgan fingerprint density at radius 3 is 2.44 bits per heavy atom. The fourth-order valence-electron chi connectivity index (χ4n) is 2.53. The van der Waals surface area contributed by atoms with Crippen LogP contribution in [0.25, 0.3) is 0 Å². The molecule has 1 aromatic carbocycles. The number of nitrogens with one attached hydrogen (secondary N) is 1. The van der Waals surface area contributed by atoms with E-state index in [4.69, 9.17) is 0 Å². The molecule has 18 heavy (non-hydrogen) atoms. The Bertz CT molecular complexity index is 325. The smallest absolute Gasteiger partial charge is 0.0340 e. The third-order valence-electron chi connectivity index (χ3n) is 3.67. The molecule has 0 amide bonds. The van der Waals surface area contributed by atoms with Gasteiger partial charge in [-0.2, -0.15) is 0 Å². The molecular weight excluding hydrogens is 220 g/mol. The van der Waals surface area contributed by atoms with Crippen LogP contribution in [0.1, 0.15) is 44.6 Å². The molecule has 2 nitrogen and oxygen atoms in total. The van der Waals surface area contributed by atoms with Gasteiger partial charge >= 0.3 is 0 Å². The van der Waals surface area contributed by atoms with Gasteiger partial charge in [-0.3, -0.25) is 4.90 Å². The van der Waals surface area contributed by atoms with Gasteiger partial charge in [0.1, 0.15) is 0 Å². The van der Waals surface area contributed by atoms with Crippen molar-refractivity contribution in [3.05, 3.63) is 29.8 Å². The van der Waals surface area contributed by atoms with E-state index in [1.165, 1.54) is 56.4 Å². The maximum absolute atomic E-state index is 3.49. The van der Waals surface area contributed by atoms with Gasteiger partial charge in [-0.15, -0.1) is 0 Å². The minimum atomic E-state index is 1.10. The van der Waals surface area contributed by atoms with Gasteiger partial charge in [0, 0.05) is 18.8 Å². The maximum Gasteiger partial charge on any atom is 0.0340 e. The van der Waals surface area contributed by atoms with E-state index in [-0.39, 0.29) is 0 Å². The Morgan fingerprint density at radius 2 is 1.78 bits per heavy atom. The molecule has 1 N–H and O–H groups in total. The number of hydrogen-bond acceptors (Lipinski definition) is 2. The first kappa shape index (κ1) is 13.4. The second kappa shape index (κ2) is 7.42. The average molecular weight is 246 g/mol. The number of anilines is 1. The van der Waals surface area contributed by atoms with Crippen molar-refractivity contribution in [3.8, 4) is 0 Å². The largest absolute Gasteiger partial charge is 0.385 e. The highest BCUT2D eigenvalue weighted by molar-refractivity contribution is 5.44. The van der Waals surface area contributed by atoms with Crippen molar-refractivity contribution in [2.75, 3.05) is 25.0 Å². The van der Waals surface area contributed by atoms with Gasteiger partial charge in [0.25, 0.3) is 0 Å². The average Bonchev–Trinajstić information content (AvgIpc) is 2.89. The summed E-state index contributed by atoms with van der Waals surface area (Å²) in [6.07, 6.45) is 6.62. The van der Waals surface area contributed by atoms with Crippen LogP contribution in [0.4, 0.5) is 5.69 Å². The van der Waals surface area contributed by atoms with Crippen molar-refractivity contribution in [1.29, 1.82) is 0 Å². The fourth-order valence-corrected chi connectivity index (χ4v) is 2.53. The Labute approximate surface area is 111 Å². The van der Waals surface area contributed by atoms with E-state index < -0.39 is 0 Å². The monoisotopic (exact) mass is 246 g/mol. The van der Waals surface area contributed by atoms with E-state index in [1.807, 2.05) is 0 Å². The fraction of sp³-hybridized carbons (Fsp3) is 0.625. The Morgan fingerprint density at radius 1 is 1.06 bits per heavy atom. The maximum atomic E-state index is 3.49. The Balaban J connectivity index is 1.74. The van der Waals surface area contributed by atoms with Crippen molar-refractivity contribution in [2.45, 2.75) is 45.6 Å². The first-order valence-corrected chi connectivity index (χ1v) is 7.43. The molecule has 1 fully saturated rings. The van der Waals surface area contributed by atoms with Crippen LogP contribution in [0.2, 0.25) is 0 Å². The molecule has 1 aliphatic rings. The highest BCUT2D eigenvalue weighted by Crippen LogP contribution is 2.15. The van der Waals surface area contributed by atoms with Crippen molar-refractivity contribution in [1.82, 2.24) is 4.90 Å². The van der Waals surface area contributed by atoms with Crippen molar-refractivity contribution in [2.24, 2.45) is 0 Å². The number of rotatable bonds is 7. The molecule has 0 unspecified atom stereocenters. The number of hydrogen-bond donors (Lipinski definition) is 1. The highest BCUT2D eigenvalue weighted by atomic mass is 15.1. The molecule has 0 aliphatic carbocycles. The van der Waals surface area contributed by atoms with Gasteiger partial charge in [0.05, 0.1) is 0 Å². The standard InChI is InChI=1S/C16H26N2/c1-2-3-4-11-17-16-9-7-15(8-10-16)14-18-12-5-6-13-18/h7-10,17H,2-6,11-14H2,1H3. The summed E-state index contributed by atoms with van der Waals surface area (Å²) in [5.41, 5.74) is 2.70. The van der Waals surface area contributed by atoms with Gasteiger partial charge in [-0.05, 0) is 50.0 Å². The number of nitrogens with zero attached hydrogens (tertiary/aromatic N) is 1. The van der Waals surface area contributed by atoms with Crippen LogP contribution in [-0.2, 0) is 6.54 Å². The van der Waals surface area contributed by atoms with Crippen LogP contribution in [-0.4, -0.2) is 24.5 Å². The summed E-state index contributed by atoms with van der Waals surface area (Å²) in [5.74, 6) is 0. The SMILES string of the molecule is CCCCCNc1ccc(CN2CCCC2)cc1. The van der Waals surface area contributed by atoms with Gasteiger partial charge in [-0.25, -0.2) is 0 Å². The van der Waals surface area contributed by atoms with Crippen LogP contribution in [0.15, 0.2) is 24.3 Å². The summed E-state index contributed by atoms with van der Waals surface area (Å²) < 4.78 is 0. The van der Waals surface area contributed by atoms with Crippen molar-refractivity contribution < 1.29 is 0 Å². The summed E-state index contributed by atoms with van der Waals surface area (Å²) >= 11 is 0. The number of benzene rings is 1. The molecule has 0 radical (unpaired) electrons. The third-order valence-corrected chi connectivity index (χ3v) is 3.67. The first-order chi connectivity index (χ1) is 8.88. The number of likely N-dealkylation sites (tertiary alicyclic amines) is 1. The van der Waals surface area contributed by atoms with E-state index in [0.717, 1.165) is 13.1 Å². The summed E-state index contributed by atoms with van der Waals surface area (Å²) in [7, 11) is 0. The zero-order valence-electron chi connectivity index (χ0n) is 11.6. The van der Waals surface area contributed by atoms with Gasteiger partial charge in [0.2, 0.25) is 0 Å². The minimum absolute atomic E-state index is 1.10. The summed E-state index contributed by atoms with van der Waals surface area (Å²) in [5, 5.41) is 3.49. The second-order valence-electron chi connectivity index (χ2n) is 5.31. The Kier molecular flexibility index (Phi) is 5.53. The molecule has 0 aromatic heterocycles. The van der Waals surface area contributed by atoms with Crippen LogP contribution >= 0.6 is 0 Å². The molecule has 1 heterocycles. The van der Waals surface area contributed by atoms with E-state index in [2.05, 4.69) is 41.4 Å². The molecule has 2 heteroatoms. The molecule has 100 valence electrons. The van der Waals surface area contributed by atoms with Gasteiger partial charge in [-0.1, -0.05) is 31.9 Å². The van der Waals surface area contributed by atoms with Crippen molar-refractivity contribution >= 4 is 5.69 Å². The second-order valence-corrected chi connectivity index (χ2v) is 5.31. The summed E-state index contributed by atoms with van der Waals surface area (Å²) in [4.78, 5) is 2.55. The first-order valence-electron chi connectivity index (χ1n) is 7.43. The van der Waals surface area contributed by atoms with Gasteiger partial charge in [0.15, 0.2) is 0 Å². The highest BCUT2D eigenvalue weighted by Gasteiger charge is 2.11. The van der Waals surface area contributed by atoms with Crippen LogP contribution < -0.4 is 5.32 Å². The molecule has 0 bridgehead atoms. The zero-order valence-corrected chi connectivity index (χ0v) is 11.6. The molecule has 0 saturated carbocycles. The predicted octanol–water partition coefficient (Wildman–Crippen LogP) is 3.88. The lowest BCUT2D eigenvalue weighted by atomic mass is 10.2. The zero-order chi connectivity index (χ0) is 12.6. The normalized spacial score (nSPS) is 16.1. The van der Waals surface area contributed by atoms with E-state index in [0.29, 0.717) is 0 Å². The summed E-state index contributed by atoms with van der Waals surface area (Å²) in [6.45, 7) is 7.01. The predicted molar refractivity (Wildman–Crippen MR) is 79.0 cm³/mol. The molecule has 1 aromatic rings. The molecule has 1 saturated heterocycles. The molecule has 0 spiro atoms. The van der Waals surface area contributed by atoms with E-state index >= 15 is 0 Å². The lowest BCUT2D eigenvalue weighted by Crippen LogP contribution is -2.18. The van der Waals surface area contributed by atoms with Crippen molar-refractivity contribution in [3.63, 3.8) is 0 Å². The molecule has 1 aliphatic heterocycles. The Hall–Kier alpha value is -1.02. The minimum Gasteiger partial charge on any atom is -0.385 e. The molecule has 0 atom stereocenters. The molecule has 2 rings (SSSR count). The summed E-state index contributed by atoms with van der Waals surface area (Å²) in [6, 6.07) is 8.97.